The molecule has 0 bridgehead atoms. The van der Waals surface area contributed by atoms with E-state index in [2.05, 4.69) is 19.4 Å². The minimum Gasteiger partial charge on any atom is -0.340 e. The van der Waals surface area contributed by atoms with Gasteiger partial charge in [0.25, 0.3) is 0 Å². The van der Waals surface area contributed by atoms with Crippen LogP contribution in [0.25, 0.3) is 0 Å². The van der Waals surface area contributed by atoms with Gasteiger partial charge in [-0.05, 0) is 46.0 Å². The first kappa shape index (κ1) is 17.1. The summed E-state index contributed by atoms with van der Waals surface area (Å²) in [5.41, 5.74) is 2.94. The van der Waals surface area contributed by atoms with Gasteiger partial charge in [0.1, 0.15) is 5.82 Å². The zero-order chi connectivity index (χ0) is 16.9. The molecule has 0 saturated carbocycles. The minimum atomic E-state index is 0.301. The van der Waals surface area contributed by atoms with Gasteiger partial charge in [0.05, 0.1) is 11.2 Å². The van der Waals surface area contributed by atoms with Gasteiger partial charge in [-0.2, -0.15) is 0 Å². The largest absolute Gasteiger partial charge is 0.340 e. The number of likely N-dealkylation sites (tertiary alicyclic amines) is 1. The minimum absolute atomic E-state index is 0.301. The number of thiazole rings is 1. The second kappa shape index (κ2) is 7.92. The predicted octanol–water partition coefficient (Wildman–Crippen LogP) is 3.36. The van der Waals surface area contributed by atoms with E-state index in [1.807, 2.05) is 31.8 Å². The second-order valence-electron chi connectivity index (χ2n) is 6.55. The van der Waals surface area contributed by atoms with E-state index in [0.29, 0.717) is 18.4 Å². The van der Waals surface area contributed by atoms with Gasteiger partial charge in [-0.25, -0.2) is 9.97 Å². The Morgan fingerprint density at radius 2 is 2.21 bits per heavy atom. The molecule has 0 unspecified atom stereocenters. The number of nitrogens with zero attached hydrogens (tertiary/aromatic N) is 4. The van der Waals surface area contributed by atoms with Crippen molar-refractivity contribution in [3.63, 3.8) is 0 Å². The Morgan fingerprint density at radius 1 is 1.33 bits per heavy atom. The van der Waals surface area contributed by atoms with E-state index in [-0.39, 0.29) is 0 Å². The molecular formula is C18H26N4OS. The topological polar surface area (TPSA) is 51.0 Å². The molecule has 1 atom stereocenters. The Labute approximate surface area is 147 Å². The molecule has 3 heterocycles. The highest BCUT2D eigenvalue weighted by Gasteiger charge is 2.26. The van der Waals surface area contributed by atoms with Crippen molar-refractivity contribution in [3.05, 3.63) is 34.3 Å². The van der Waals surface area contributed by atoms with Gasteiger partial charge >= 0.3 is 0 Å². The summed E-state index contributed by atoms with van der Waals surface area (Å²) in [5.74, 6) is 1.35. The normalized spacial score (nSPS) is 18.1. The highest BCUT2D eigenvalue weighted by atomic mass is 32.1. The maximum absolute atomic E-state index is 12.7. The number of aromatic nitrogens is 3. The lowest BCUT2D eigenvalue weighted by molar-refractivity contribution is -0.135. The van der Waals surface area contributed by atoms with Crippen molar-refractivity contribution < 1.29 is 4.79 Å². The number of rotatable bonds is 6. The Hall–Kier alpha value is -1.69. The molecule has 1 fully saturated rings. The molecule has 0 aromatic carbocycles. The summed E-state index contributed by atoms with van der Waals surface area (Å²) in [6.07, 6.45) is 9.79. The number of carbonyl (C=O) groups excluding carboxylic acids is 1. The van der Waals surface area contributed by atoms with Crippen LogP contribution in [0.2, 0.25) is 0 Å². The van der Waals surface area contributed by atoms with Crippen LogP contribution in [0, 0.1) is 13.8 Å². The third-order valence-electron chi connectivity index (χ3n) is 4.99. The highest BCUT2D eigenvalue weighted by molar-refractivity contribution is 7.09. The van der Waals surface area contributed by atoms with Crippen LogP contribution in [0.3, 0.4) is 0 Å². The van der Waals surface area contributed by atoms with E-state index >= 15 is 0 Å². The van der Waals surface area contributed by atoms with Crippen LogP contribution in [0.15, 0.2) is 17.9 Å². The molecule has 3 rings (SSSR count). The van der Waals surface area contributed by atoms with Gasteiger partial charge in [-0.1, -0.05) is 0 Å². The number of hydrogen-bond acceptors (Lipinski definition) is 4. The average molecular weight is 347 g/mol. The van der Waals surface area contributed by atoms with E-state index < -0.39 is 0 Å². The first-order chi connectivity index (χ1) is 11.6. The zero-order valence-electron chi connectivity index (χ0n) is 14.6. The van der Waals surface area contributed by atoms with Crippen LogP contribution in [0.4, 0.5) is 0 Å². The molecule has 130 valence electrons. The van der Waals surface area contributed by atoms with E-state index in [1.54, 1.807) is 11.3 Å². The third kappa shape index (κ3) is 4.04. The molecule has 0 aliphatic carbocycles. The summed E-state index contributed by atoms with van der Waals surface area (Å²) >= 11 is 1.66. The van der Waals surface area contributed by atoms with Crippen LogP contribution in [-0.2, 0) is 17.8 Å². The number of piperidine rings is 1. The first-order valence-corrected chi connectivity index (χ1v) is 9.69. The van der Waals surface area contributed by atoms with Crippen molar-refractivity contribution in [1.29, 1.82) is 0 Å². The summed E-state index contributed by atoms with van der Waals surface area (Å²) in [6, 6.07) is 0.371. The van der Waals surface area contributed by atoms with Gasteiger partial charge in [0.15, 0.2) is 0 Å². The molecule has 0 N–H and O–H groups in total. The molecule has 0 spiro atoms. The standard InChI is InChI=1S/C18H26N4OS/c1-14-17(24-13-20-14)6-7-18(23)22-10-4-3-5-16(22)8-11-21-12-9-19-15(21)2/h9,12-13,16H,3-8,10-11H2,1-2H3/t16-/m0/s1. The average Bonchev–Trinajstić information content (AvgIpc) is 3.19. The van der Waals surface area contributed by atoms with Gasteiger partial charge in [-0.15, -0.1) is 11.3 Å². The second-order valence-corrected chi connectivity index (χ2v) is 7.49. The lowest BCUT2D eigenvalue weighted by Gasteiger charge is -2.36. The summed E-state index contributed by atoms with van der Waals surface area (Å²) in [4.78, 5) is 24.7. The fraction of sp³-hybridized carbons (Fsp3) is 0.611. The van der Waals surface area contributed by atoms with E-state index in [9.17, 15) is 4.79 Å². The molecule has 6 heteroatoms. The molecular weight excluding hydrogens is 320 g/mol. The third-order valence-corrected chi connectivity index (χ3v) is 5.98. The van der Waals surface area contributed by atoms with E-state index in [1.165, 1.54) is 11.3 Å². The molecule has 1 aliphatic heterocycles. The SMILES string of the molecule is Cc1ncsc1CCC(=O)N1CCCC[C@H]1CCn1ccnc1C. The van der Waals surface area contributed by atoms with Crippen molar-refractivity contribution in [2.75, 3.05) is 6.54 Å². The fourth-order valence-corrected chi connectivity index (χ4v) is 4.27. The van der Waals surface area contributed by atoms with Gasteiger partial charge in [-0.3, -0.25) is 4.79 Å². The Kier molecular flexibility index (Phi) is 5.66. The molecule has 1 saturated heterocycles. The van der Waals surface area contributed by atoms with Crippen molar-refractivity contribution >= 4 is 17.2 Å². The summed E-state index contributed by atoms with van der Waals surface area (Å²) < 4.78 is 2.18. The molecule has 1 amide bonds. The molecule has 1 aliphatic rings. The fourth-order valence-electron chi connectivity index (χ4n) is 3.49. The van der Waals surface area contributed by atoms with Gasteiger partial charge in [0.2, 0.25) is 5.91 Å². The van der Waals surface area contributed by atoms with Gasteiger partial charge < -0.3 is 9.47 Å². The Morgan fingerprint density at radius 3 is 2.92 bits per heavy atom. The number of amides is 1. The summed E-state index contributed by atoms with van der Waals surface area (Å²) in [6.45, 7) is 5.90. The number of carbonyl (C=O) groups is 1. The molecule has 0 radical (unpaired) electrons. The maximum Gasteiger partial charge on any atom is 0.223 e. The highest BCUT2D eigenvalue weighted by Crippen LogP contribution is 2.23. The summed E-state index contributed by atoms with van der Waals surface area (Å²) in [7, 11) is 0. The van der Waals surface area contributed by atoms with Gasteiger partial charge in [0, 0.05) is 42.8 Å². The Bertz CT molecular complexity index is 678. The maximum atomic E-state index is 12.7. The summed E-state index contributed by atoms with van der Waals surface area (Å²) in [5, 5.41) is 0. The number of aryl methyl sites for hydroxylation is 4. The number of imidazole rings is 1. The van der Waals surface area contributed by atoms with Crippen molar-refractivity contribution in [3.8, 4) is 0 Å². The van der Waals surface area contributed by atoms with E-state index in [0.717, 1.165) is 50.3 Å². The zero-order valence-corrected chi connectivity index (χ0v) is 15.4. The first-order valence-electron chi connectivity index (χ1n) is 8.81. The predicted molar refractivity (Wildman–Crippen MR) is 96.1 cm³/mol. The molecule has 5 nitrogen and oxygen atoms in total. The Balaban J connectivity index is 1.56. The van der Waals surface area contributed by atoms with Crippen molar-refractivity contribution in [1.82, 2.24) is 19.4 Å². The number of hydrogen-bond donors (Lipinski definition) is 0. The van der Waals surface area contributed by atoms with Crippen molar-refractivity contribution in [2.45, 2.75) is 65.0 Å². The van der Waals surface area contributed by atoms with Crippen LogP contribution < -0.4 is 0 Å². The lowest BCUT2D eigenvalue weighted by atomic mass is 9.98. The smallest absolute Gasteiger partial charge is 0.223 e. The monoisotopic (exact) mass is 346 g/mol. The van der Waals surface area contributed by atoms with Crippen LogP contribution >= 0.6 is 11.3 Å². The van der Waals surface area contributed by atoms with Crippen LogP contribution in [-0.4, -0.2) is 37.9 Å². The molecule has 2 aromatic rings. The van der Waals surface area contributed by atoms with Crippen molar-refractivity contribution in [2.24, 2.45) is 0 Å². The van der Waals surface area contributed by atoms with Crippen LogP contribution in [0.1, 0.15) is 48.5 Å². The lowest BCUT2D eigenvalue weighted by Crippen LogP contribution is -2.44. The van der Waals surface area contributed by atoms with Crippen LogP contribution in [0.5, 0.6) is 0 Å². The molecule has 2 aromatic heterocycles. The quantitative estimate of drug-likeness (QED) is 0.806. The van der Waals surface area contributed by atoms with E-state index in [4.69, 9.17) is 0 Å². The molecule has 24 heavy (non-hydrogen) atoms.